The van der Waals surface area contributed by atoms with Gasteiger partial charge in [-0.05, 0) is 29.9 Å². The molecule has 0 radical (unpaired) electrons. The summed E-state index contributed by atoms with van der Waals surface area (Å²) in [5, 5.41) is 3.52. The lowest BCUT2D eigenvalue weighted by molar-refractivity contribution is 0.202. The third-order valence-corrected chi connectivity index (χ3v) is 6.67. The average molecular weight is 293 g/mol. The van der Waals surface area contributed by atoms with Crippen molar-refractivity contribution in [2.45, 2.75) is 50.0 Å². The topological polar surface area (TPSA) is 46.2 Å². The Morgan fingerprint density at radius 2 is 1.90 bits per heavy atom. The van der Waals surface area contributed by atoms with E-state index in [1.54, 1.807) is 12.1 Å². The van der Waals surface area contributed by atoms with Crippen molar-refractivity contribution in [3.05, 3.63) is 29.8 Å². The van der Waals surface area contributed by atoms with E-state index in [0.717, 1.165) is 12.1 Å². The van der Waals surface area contributed by atoms with Crippen LogP contribution in [-0.4, -0.2) is 20.7 Å². The molecule has 0 amide bonds. The molecule has 1 atom stereocenters. The Hall–Kier alpha value is -0.870. The second kappa shape index (κ2) is 5.15. The van der Waals surface area contributed by atoms with Gasteiger partial charge in [-0.25, -0.2) is 8.42 Å². The van der Waals surface area contributed by atoms with Crippen molar-refractivity contribution in [1.29, 1.82) is 0 Å². The monoisotopic (exact) mass is 293 g/mol. The van der Waals surface area contributed by atoms with Crippen molar-refractivity contribution >= 4 is 9.84 Å². The Kier molecular flexibility index (Phi) is 3.63. The molecule has 1 unspecified atom stereocenters. The molecule has 1 aliphatic carbocycles. The lowest BCUT2D eigenvalue weighted by atomic mass is 9.75. The van der Waals surface area contributed by atoms with Crippen LogP contribution in [0.15, 0.2) is 29.2 Å². The molecule has 0 aromatic heterocycles. The minimum atomic E-state index is -3.09. The summed E-state index contributed by atoms with van der Waals surface area (Å²) in [7, 11) is -3.09. The number of nitrogens with one attached hydrogen (secondary N) is 1. The van der Waals surface area contributed by atoms with Crippen LogP contribution in [0.1, 0.15) is 50.6 Å². The van der Waals surface area contributed by atoms with Gasteiger partial charge in [0.25, 0.3) is 0 Å². The first-order chi connectivity index (χ1) is 9.50. The fourth-order valence-corrected chi connectivity index (χ4v) is 5.34. The first-order valence-corrected chi connectivity index (χ1v) is 9.21. The van der Waals surface area contributed by atoms with E-state index in [9.17, 15) is 8.42 Å². The first kappa shape index (κ1) is 14.1. The maximum absolute atomic E-state index is 12.2. The van der Waals surface area contributed by atoms with Gasteiger partial charge < -0.3 is 5.32 Å². The predicted molar refractivity (Wildman–Crippen MR) is 80.4 cm³/mol. The van der Waals surface area contributed by atoms with E-state index in [-0.39, 0.29) is 11.8 Å². The van der Waals surface area contributed by atoms with Crippen molar-refractivity contribution in [3.63, 3.8) is 0 Å². The van der Waals surface area contributed by atoms with Crippen molar-refractivity contribution in [3.8, 4) is 0 Å². The van der Waals surface area contributed by atoms with Gasteiger partial charge in [-0.3, -0.25) is 0 Å². The molecule has 1 N–H and O–H groups in total. The number of rotatable bonds is 3. The molecule has 3 rings (SSSR count). The van der Waals surface area contributed by atoms with Crippen molar-refractivity contribution in [1.82, 2.24) is 5.32 Å². The quantitative estimate of drug-likeness (QED) is 0.931. The summed E-state index contributed by atoms with van der Waals surface area (Å²) in [4.78, 5) is 0.520. The van der Waals surface area contributed by atoms with Crippen LogP contribution in [0.4, 0.5) is 0 Å². The summed E-state index contributed by atoms with van der Waals surface area (Å²) in [6.45, 7) is 3.25. The molecule has 0 spiro atoms. The summed E-state index contributed by atoms with van der Waals surface area (Å²) < 4.78 is 24.3. The average Bonchev–Trinajstić information content (AvgIpc) is 2.70. The minimum Gasteiger partial charge on any atom is -0.308 e. The molecule has 1 fully saturated rings. The Morgan fingerprint density at radius 1 is 1.20 bits per heavy atom. The van der Waals surface area contributed by atoms with Crippen LogP contribution in [0, 0.1) is 5.41 Å². The van der Waals surface area contributed by atoms with Gasteiger partial charge in [0.1, 0.15) is 0 Å². The molecule has 0 bridgehead atoms. The van der Waals surface area contributed by atoms with Crippen molar-refractivity contribution in [2.24, 2.45) is 5.41 Å². The molecule has 0 saturated heterocycles. The molecule has 3 nitrogen and oxygen atoms in total. The molecule has 1 heterocycles. The van der Waals surface area contributed by atoms with Crippen LogP contribution in [0.25, 0.3) is 0 Å². The number of fused-ring (bicyclic) bond motifs is 1. The number of sulfone groups is 1. The molecule has 1 aromatic rings. The maximum Gasteiger partial charge on any atom is 0.180 e. The van der Waals surface area contributed by atoms with Gasteiger partial charge in [0.05, 0.1) is 10.6 Å². The summed E-state index contributed by atoms with van der Waals surface area (Å²) >= 11 is 0. The molecule has 1 saturated carbocycles. The zero-order valence-corrected chi connectivity index (χ0v) is 12.9. The highest BCUT2D eigenvalue weighted by Crippen LogP contribution is 2.37. The van der Waals surface area contributed by atoms with Crippen LogP contribution in [0.5, 0.6) is 0 Å². The number of hydrogen-bond acceptors (Lipinski definition) is 3. The standard InChI is InChI=1S/C16H23NO2S/c1-16(9-5-2-6-10-16)12-17-14-11-20(18,19)15-8-4-3-7-13(14)15/h3-4,7-8,14,17H,2,5-6,9-12H2,1H3. The predicted octanol–water partition coefficient (Wildman–Crippen LogP) is 3.08. The third kappa shape index (κ3) is 2.63. The largest absolute Gasteiger partial charge is 0.308 e. The molecular formula is C16H23NO2S. The fourth-order valence-electron chi connectivity index (χ4n) is 3.57. The summed E-state index contributed by atoms with van der Waals surface area (Å²) in [6, 6.07) is 7.38. The Morgan fingerprint density at radius 3 is 2.65 bits per heavy atom. The lowest BCUT2D eigenvalue weighted by Crippen LogP contribution is -2.36. The number of hydrogen-bond donors (Lipinski definition) is 1. The van der Waals surface area contributed by atoms with Gasteiger partial charge in [-0.1, -0.05) is 44.4 Å². The highest BCUT2D eigenvalue weighted by molar-refractivity contribution is 7.91. The van der Waals surface area contributed by atoms with Gasteiger partial charge in [-0.2, -0.15) is 0 Å². The van der Waals surface area contributed by atoms with E-state index in [2.05, 4.69) is 12.2 Å². The Bertz CT molecular complexity index is 588. The molecular weight excluding hydrogens is 270 g/mol. The van der Waals surface area contributed by atoms with Crippen LogP contribution < -0.4 is 5.32 Å². The normalized spacial score (nSPS) is 27.1. The molecule has 4 heteroatoms. The van der Waals surface area contributed by atoms with E-state index in [1.165, 1.54) is 32.1 Å². The minimum absolute atomic E-state index is 0.0325. The van der Waals surface area contributed by atoms with E-state index in [0.29, 0.717) is 10.3 Å². The van der Waals surface area contributed by atoms with E-state index in [1.807, 2.05) is 12.1 Å². The molecule has 1 aliphatic heterocycles. The highest BCUT2D eigenvalue weighted by Gasteiger charge is 2.35. The summed E-state index contributed by atoms with van der Waals surface area (Å²) in [5.41, 5.74) is 1.28. The highest BCUT2D eigenvalue weighted by atomic mass is 32.2. The Labute approximate surface area is 121 Å². The van der Waals surface area contributed by atoms with Gasteiger partial charge in [0.15, 0.2) is 9.84 Å². The van der Waals surface area contributed by atoms with Crippen LogP contribution in [-0.2, 0) is 9.84 Å². The lowest BCUT2D eigenvalue weighted by Gasteiger charge is -2.34. The summed E-state index contributed by atoms with van der Waals surface area (Å²) in [6.07, 6.45) is 6.45. The van der Waals surface area contributed by atoms with Gasteiger partial charge in [-0.15, -0.1) is 0 Å². The maximum atomic E-state index is 12.2. The van der Waals surface area contributed by atoms with Gasteiger partial charge in [0.2, 0.25) is 0 Å². The van der Waals surface area contributed by atoms with Crippen LogP contribution in [0.3, 0.4) is 0 Å². The van der Waals surface area contributed by atoms with Gasteiger partial charge >= 0.3 is 0 Å². The smallest absolute Gasteiger partial charge is 0.180 e. The van der Waals surface area contributed by atoms with Crippen LogP contribution >= 0.6 is 0 Å². The first-order valence-electron chi connectivity index (χ1n) is 7.55. The second-order valence-corrected chi connectivity index (χ2v) is 8.63. The fraction of sp³-hybridized carbons (Fsp3) is 0.625. The van der Waals surface area contributed by atoms with Crippen LogP contribution in [0.2, 0.25) is 0 Å². The molecule has 2 aliphatic rings. The zero-order chi connectivity index (χ0) is 14.2. The number of benzene rings is 1. The van der Waals surface area contributed by atoms with Crippen molar-refractivity contribution < 1.29 is 8.42 Å². The SMILES string of the molecule is CC1(CNC2CS(=O)(=O)c3ccccc32)CCCCC1. The molecule has 20 heavy (non-hydrogen) atoms. The van der Waals surface area contributed by atoms with Crippen molar-refractivity contribution in [2.75, 3.05) is 12.3 Å². The molecule has 1 aromatic carbocycles. The van der Waals surface area contributed by atoms with E-state index in [4.69, 9.17) is 0 Å². The Balaban J connectivity index is 1.73. The van der Waals surface area contributed by atoms with E-state index < -0.39 is 9.84 Å². The zero-order valence-electron chi connectivity index (χ0n) is 12.1. The van der Waals surface area contributed by atoms with Gasteiger partial charge in [0, 0.05) is 12.6 Å². The third-order valence-electron chi connectivity index (χ3n) is 4.85. The molecule has 110 valence electrons. The summed E-state index contributed by atoms with van der Waals surface area (Å²) in [5.74, 6) is 0.211. The van der Waals surface area contributed by atoms with E-state index >= 15 is 0 Å². The second-order valence-electron chi connectivity index (χ2n) is 6.62.